The van der Waals surface area contributed by atoms with Crippen molar-refractivity contribution in [2.45, 2.75) is 19.3 Å². The second-order valence-electron chi connectivity index (χ2n) is 3.39. The molecule has 2 rings (SSSR count). The molecule has 0 aromatic heterocycles. The van der Waals surface area contributed by atoms with Crippen molar-refractivity contribution < 1.29 is 19.4 Å². The molecule has 4 nitrogen and oxygen atoms in total. The lowest BCUT2D eigenvalue weighted by Crippen LogP contribution is -2.46. The topological polar surface area (TPSA) is 55.8 Å². The lowest BCUT2D eigenvalue weighted by atomic mass is 10.1. The molecule has 0 saturated carbocycles. The quantitative estimate of drug-likeness (QED) is 0.851. The molecule has 1 aromatic carbocycles. The van der Waals surface area contributed by atoms with Crippen molar-refractivity contribution >= 4 is 21.9 Å². The van der Waals surface area contributed by atoms with Gasteiger partial charge in [-0.1, -0.05) is 15.9 Å². The monoisotopic (exact) mass is 272 g/mol. The van der Waals surface area contributed by atoms with Crippen LogP contribution in [0.2, 0.25) is 0 Å². The molecule has 0 aliphatic carbocycles. The Bertz CT molecular complexity index is 418. The van der Waals surface area contributed by atoms with Crippen LogP contribution in [0.25, 0.3) is 0 Å². The van der Waals surface area contributed by atoms with Crippen molar-refractivity contribution in [3.05, 3.63) is 28.2 Å². The molecular weight excluding hydrogens is 264 g/mol. The molecule has 0 saturated heterocycles. The van der Waals surface area contributed by atoms with Gasteiger partial charge in [-0.25, -0.2) is 4.79 Å². The average Bonchev–Trinajstić information content (AvgIpc) is 2.18. The van der Waals surface area contributed by atoms with Gasteiger partial charge < -0.3 is 14.6 Å². The predicted molar refractivity (Wildman–Crippen MR) is 55.6 cm³/mol. The number of benzene rings is 1. The number of hydrogen-bond acceptors (Lipinski definition) is 3. The molecule has 5 heteroatoms. The molecule has 15 heavy (non-hydrogen) atoms. The van der Waals surface area contributed by atoms with Crippen molar-refractivity contribution in [1.82, 2.24) is 0 Å². The smallest absolute Gasteiger partial charge is 0.376 e. The number of halogens is 1. The minimum atomic E-state index is -1.58. The van der Waals surface area contributed by atoms with E-state index in [1.807, 2.05) is 6.07 Å². The summed E-state index contributed by atoms with van der Waals surface area (Å²) < 4.78 is 11.4. The Hall–Kier alpha value is -1.07. The molecule has 1 N–H and O–H groups in total. The van der Waals surface area contributed by atoms with E-state index in [1.165, 1.54) is 6.92 Å². The standard InChI is InChI=1S/C10H9BrO4/c1-10(9(12)13)14-5-6-4-7(11)2-3-8(6)15-10/h2-4H,5H2,1H3,(H,12,13). The molecule has 1 heterocycles. The summed E-state index contributed by atoms with van der Waals surface area (Å²) in [4.78, 5) is 10.9. The van der Waals surface area contributed by atoms with Crippen LogP contribution < -0.4 is 4.74 Å². The third kappa shape index (κ3) is 1.85. The number of carbonyl (C=O) groups is 1. The van der Waals surface area contributed by atoms with Crippen LogP contribution in [0.3, 0.4) is 0 Å². The number of hydrogen-bond donors (Lipinski definition) is 1. The maximum Gasteiger partial charge on any atom is 0.376 e. The van der Waals surface area contributed by atoms with Crippen LogP contribution in [0.15, 0.2) is 22.7 Å². The lowest BCUT2D eigenvalue weighted by molar-refractivity contribution is -0.217. The van der Waals surface area contributed by atoms with Crippen LogP contribution in [0.1, 0.15) is 12.5 Å². The van der Waals surface area contributed by atoms with Crippen molar-refractivity contribution in [3.63, 3.8) is 0 Å². The zero-order valence-corrected chi connectivity index (χ0v) is 9.58. The number of fused-ring (bicyclic) bond motifs is 1. The first-order valence-corrected chi connectivity index (χ1v) is 5.15. The van der Waals surface area contributed by atoms with E-state index in [-0.39, 0.29) is 6.61 Å². The van der Waals surface area contributed by atoms with Gasteiger partial charge in [-0.05, 0) is 18.2 Å². The maximum absolute atomic E-state index is 10.9. The van der Waals surface area contributed by atoms with Crippen molar-refractivity contribution in [2.24, 2.45) is 0 Å². The SMILES string of the molecule is CC1(C(=O)O)OCc2cc(Br)ccc2O1. The van der Waals surface area contributed by atoms with E-state index in [9.17, 15) is 4.79 Å². The molecule has 1 aliphatic rings. The normalized spacial score (nSPS) is 24.1. The van der Waals surface area contributed by atoms with Crippen LogP contribution in [0, 0.1) is 0 Å². The fraction of sp³-hybridized carbons (Fsp3) is 0.300. The zero-order valence-electron chi connectivity index (χ0n) is 7.99. The average molecular weight is 273 g/mol. The summed E-state index contributed by atoms with van der Waals surface area (Å²) in [5.74, 6) is -2.16. The molecule has 0 fully saturated rings. The highest BCUT2D eigenvalue weighted by atomic mass is 79.9. The van der Waals surface area contributed by atoms with Gasteiger partial charge in [0.05, 0.1) is 6.61 Å². The number of carboxylic acids is 1. The summed E-state index contributed by atoms with van der Waals surface area (Å²) >= 11 is 3.32. The Morgan fingerprint density at radius 3 is 3.00 bits per heavy atom. The van der Waals surface area contributed by atoms with Gasteiger partial charge in [0.1, 0.15) is 5.75 Å². The molecular formula is C10H9BrO4. The Kier molecular flexibility index (Phi) is 2.44. The Balaban J connectivity index is 2.35. The molecule has 0 bridgehead atoms. The molecule has 1 unspecified atom stereocenters. The van der Waals surface area contributed by atoms with Crippen LogP contribution in [-0.2, 0) is 16.1 Å². The third-order valence-electron chi connectivity index (χ3n) is 2.22. The molecule has 1 atom stereocenters. The van der Waals surface area contributed by atoms with Gasteiger partial charge >= 0.3 is 11.8 Å². The summed E-state index contributed by atoms with van der Waals surface area (Å²) in [6, 6.07) is 5.37. The van der Waals surface area contributed by atoms with Gasteiger partial charge in [-0.3, -0.25) is 0 Å². The maximum atomic E-state index is 10.9. The van der Waals surface area contributed by atoms with Crippen molar-refractivity contribution in [2.75, 3.05) is 0 Å². The van der Waals surface area contributed by atoms with E-state index in [0.29, 0.717) is 5.75 Å². The highest BCUT2D eigenvalue weighted by Crippen LogP contribution is 2.33. The van der Waals surface area contributed by atoms with E-state index in [4.69, 9.17) is 14.6 Å². The van der Waals surface area contributed by atoms with Gasteiger partial charge in [0, 0.05) is 17.0 Å². The van der Waals surface area contributed by atoms with E-state index < -0.39 is 11.8 Å². The van der Waals surface area contributed by atoms with Gasteiger partial charge in [-0.15, -0.1) is 0 Å². The van der Waals surface area contributed by atoms with Gasteiger partial charge in [0.15, 0.2) is 0 Å². The van der Waals surface area contributed by atoms with Gasteiger partial charge in [0.2, 0.25) is 0 Å². The van der Waals surface area contributed by atoms with E-state index >= 15 is 0 Å². The molecule has 80 valence electrons. The molecule has 0 radical (unpaired) electrons. The summed E-state index contributed by atoms with van der Waals surface area (Å²) in [6.45, 7) is 1.62. The fourth-order valence-corrected chi connectivity index (χ4v) is 1.73. The minimum absolute atomic E-state index is 0.234. The van der Waals surface area contributed by atoms with Crippen LogP contribution >= 0.6 is 15.9 Å². The summed E-state index contributed by atoms with van der Waals surface area (Å²) in [7, 11) is 0. The molecule has 0 spiro atoms. The summed E-state index contributed by atoms with van der Waals surface area (Å²) in [6.07, 6.45) is 0. The van der Waals surface area contributed by atoms with Crippen molar-refractivity contribution in [3.8, 4) is 5.75 Å². The second-order valence-corrected chi connectivity index (χ2v) is 4.31. The first kappa shape index (κ1) is 10.4. The predicted octanol–water partition coefficient (Wildman–Crippen LogP) is 2.16. The third-order valence-corrected chi connectivity index (χ3v) is 2.71. The highest BCUT2D eigenvalue weighted by molar-refractivity contribution is 9.10. The molecule has 1 aromatic rings. The molecule has 0 amide bonds. The van der Waals surface area contributed by atoms with E-state index in [0.717, 1.165) is 10.0 Å². The highest BCUT2D eigenvalue weighted by Gasteiger charge is 2.40. The largest absolute Gasteiger partial charge is 0.476 e. The van der Waals surface area contributed by atoms with Crippen LogP contribution in [-0.4, -0.2) is 16.9 Å². The van der Waals surface area contributed by atoms with E-state index in [2.05, 4.69) is 15.9 Å². The molecule has 1 aliphatic heterocycles. The van der Waals surface area contributed by atoms with Gasteiger partial charge in [-0.2, -0.15) is 0 Å². The lowest BCUT2D eigenvalue weighted by Gasteiger charge is -2.31. The number of carboxylic acid groups (broad SMARTS) is 1. The first-order valence-electron chi connectivity index (χ1n) is 4.36. The summed E-state index contributed by atoms with van der Waals surface area (Å²) in [5.41, 5.74) is 0.836. The fourth-order valence-electron chi connectivity index (χ4n) is 1.32. The Morgan fingerprint density at radius 2 is 2.33 bits per heavy atom. The number of ether oxygens (including phenoxy) is 2. The van der Waals surface area contributed by atoms with Gasteiger partial charge in [0.25, 0.3) is 0 Å². The minimum Gasteiger partial charge on any atom is -0.476 e. The second kappa shape index (κ2) is 3.50. The van der Waals surface area contributed by atoms with E-state index in [1.54, 1.807) is 12.1 Å². The van der Waals surface area contributed by atoms with Crippen molar-refractivity contribution in [1.29, 1.82) is 0 Å². The number of rotatable bonds is 1. The Morgan fingerprint density at radius 1 is 1.60 bits per heavy atom. The first-order chi connectivity index (χ1) is 7.01. The summed E-state index contributed by atoms with van der Waals surface area (Å²) in [5, 5.41) is 8.92. The van der Waals surface area contributed by atoms with Crippen LogP contribution in [0.5, 0.6) is 5.75 Å². The Labute approximate surface area is 94.9 Å². The number of aliphatic carboxylic acids is 1. The zero-order chi connectivity index (χ0) is 11.1. The van der Waals surface area contributed by atoms with Crippen LogP contribution in [0.4, 0.5) is 0 Å².